The van der Waals surface area contributed by atoms with Crippen molar-refractivity contribution >= 4 is 34.4 Å². The van der Waals surface area contributed by atoms with Gasteiger partial charge in [0.05, 0.1) is 12.0 Å². The standard InChI is InChI=1S/C9H7BrFN/c1-12-9-3-2-8(10)6-7(9)4-5-11/h2-6H,1H2/b5-4+. The first-order valence-electron chi connectivity index (χ1n) is 3.31. The van der Waals surface area contributed by atoms with Crippen LogP contribution in [0.4, 0.5) is 10.1 Å². The molecule has 3 heteroatoms. The predicted molar refractivity (Wildman–Crippen MR) is 53.5 cm³/mol. The Morgan fingerprint density at radius 1 is 1.50 bits per heavy atom. The molecule has 12 heavy (non-hydrogen) atoms. The molecule has 0 unspecified atom stereocenters. The fourth-order valence-corrected chi connectivity index (χ4v) is 1.25. The van der Waals surface area contributed by atoms with E-state index in [9.17, 15) is 4.39 Å². The lowest BCUT2D eigenvalue weighted by Crippen LogP contribution is -1.73. The van der Waals surface area contributed by atoms with Crippen LogP contribution in [0.3, 0.4) is 0 Å². The Labute approximate surface area is 78.8 Å². The molecule has 62 valence electrons. The molecular weight excluding hydrogens is 221 g/mol. The normalized spacial score (nSPS) is 10.5. The van der Waals surface area contributed by atoms with Crippen molar-refractivity contribution in [2.75, 3.05) is 0 Å². The molecule has 0 radical (unpaired) electrons. The Bertz CT molecular complexity index is 320. The zero-order valence-corrected chi connectivity index (χ0v) is 7.88. The largest absolute Gasteiger partial charge is 0.264 e. The van der Waals surface area contributed by atoms with Gasteiger partial charge in [0.1, 0.15) is 0 Å². The van der Waals surface area contributed by atoms with E-state index in [0.29, 0.717) is 17.6 Å². The van der Waals surface area contributed by atoms with Crippen molar-refractivity contribution in [2.24, 2.45) is 4.99 Å². The van der Waals surface area contributed by atoms with Gasteiger partial charge >= 0.3 is 0 Å². The molecule has 0 aliphatic carbocycles. The summed E-state index contributed by atoms with van der Waals surface area (Å²) in [5.41, 5.74) is 1.38. The minimum absolute atomic E-state index is 0.483. The zero-order chi connectivity index (χ0) is 8.97. The van der Waals surface area contributed by atoms with E-state index in [2.05, 4.69) is 27.6 Å². The molecule has 0 fully saturated rings. The minimum atomic E-state index is 0.483. The molecule has 0 aromatic heterocycles. The third-order valence-electron chi connectivity index (χ3n) is 1.40. The predicted octanol–water partition coefficient (Wildman–Crippen LogP) is 3.72. The highest BCUT2D eigenvalue weighted by Crippen LogP contribution is 2.24. The summed E-state index contributed by atoms with van der Waals surface area (Å²) in [5, 5.41) is 0. The Balaban J connectivity index is 3.20. The van der Waals surface area contributed by atoms with Crippen LogP contribution in [0.2, 0.25) is 0 Å². The third kappa shape index (κ3) is 2.01. The number of hydrogen-bond acceptors (Lipinski definition) is 1. The van der Waals surface area contributed by atoms with Crippen LogP contribution >= 0.6 is 15.9 Å². The average molecular weight is 228 g/mol. The molecule has 0 aliphatic heterocycles. The first-order valence-corrected chi connectivity index (χ1v) is 4.10. The summed E-state index contributed by atoms with van der Waals surface area (Å²) in [5.74, 6) is 0. The Morgan fingerprint density at radius 2 is 2.25 bits per heavy atom. The quantitative estimate of drug-likeness (QED) is 0.684. The van der Waals surface area contributed by atoms with E-state index in [0.717, 1.165) is 4.47 Å². The average Bonchev–Trinajstić information content (AvgIpc) is 2.05. The SMILES string of the molecule is C=Nc1ccc(Br)cc1/C=C/F. The lowest BCUT2D eigenvalue weighted by atomic mass is 10.2. The van der Waals surface area contributed by atoms with Crippen molar-refractivity contribution in [1.29, 1.82) is 0 Å². The number of halogens is 2. The second-order valence-electron chi connectivity index (χ2n) is 2.15. The van der Waals surface area contributed by atoms with Crippen LogP contribution in [0, 0.1) is 0 Å². The molecule has 0 spiro atoms. The first kappa shape index (κ1) is 9.13. The van der Waals surface area contributed by atoms with Gasteiger partial charge in [-0.25, -0.2) is 4.39 Å². The van der Waals surface area contributed by atoms with Gasteiger partial charge in [-0.3, -0.25) is 4.99 Å². The topological polar surface area (TPSA) is 12.4 Å². The van der Waals surface area contributed by atoms with Crippen molar-refractivity contribution in [2.45, 2.75) is 0 Å². The first-order chi connectivity index (χ1) is 5.77. The second-order valence-corrected chi connectivity index (χ2v) is 3.07. The van der Waals surface area contributed by atoms with Crippen molar-refractivity contribution in [1.82, 2.24) is 0 Å². The minimum Gasteiger partial charge on any atom is -0.264 e. The van der Waals surface area contributed by atoms with Crippen molar-refractivity contribution in [3.05, 3.63) is 34.6 Å². The maximum Gasteiger partial charge on any atom is 0.0873 e. The van der Waals surface area contributed by atoms with E-state index in [1.54, 1.807) is 12.1 Å². The fourth-order valence-electron chi connectivity index (χ4n) is 0.871. The number of nitrogens with zero attached hydrogens (tertiary/aromatic N) is 1. The van der Waals surface area contributed by atoms with Gasteiger partial charge in [-0.1, -0.05) is 15.9 Å². The highest BCUT2D eigenvalue weighted by molar-refractivity contribution is 9.10. The van der Waals surface area contributed by atoms with Gasteiger partial charge in [-0.15, -0.1) is 0 Å². The third-order valence-corrected chi connectivity index (χ3v) is 1.90. The monoisotopic (exact) mass is 227 g/mol. The Hall–Kier alpha value is -0.960. The van der Waals surface area contributed by atoms with Gasteiger partial charge in [0.25, 0.3) is 0 Å². The van der Waals surface area contributed by atoms with Crippen molar-refractivity contribution < 1.29 is 4.39 Å². The molecule has 1 rings (SSSR count). The van der Waals surface area contributed by atoms with Gasteiger partial charge in [0, 0.05) is 10.0 Å². The lowest BCUT2D eigenvalue weighted by molar-refractivity contribution is 0.727. The molecule has 1 aromatic carbocycles. The van der Waals surface area contributed by atoms with E-state index in [1.807, 2.05) is 6.07 Å². The van der Waals surface area contributed by atoms with Gasteiger partial charge < -0.3 is 0 Å². The molecule has 0 saturated heterocycles. The van der Waals surface area contributed by atoms with Gasteiger partial charge in [-0.2, -0.15) is 0 Å². The van der Waals surface area contributed by atoms with E-state index >= 15 is 0 Å². The van der Waals surface area contributed by atoms with Crippen LogP contribution < -0.4 is 0 Å². The highest BCUT2D eigenvalue weighted by atomic mass is 79.9. The lowest BCUT2D eigenvalue weighted by Gasteiger charge is -1.99. The molecule has 0 heterocycles. The molecule has 0 saturated carbocycles. The molecular formula is C9H7BrFN. The van der Waals surface area contributed by atoms with E-state index < -0.39 is 0 Å². The molecule has 0 aliphatic rings. The van der Waals surface area contributed by atoms with Gasteiger partial charge in [-0.05, 0) is 31.0 Å². The van der Waals surface area contributed by atoms with Crippen LogP contribution in [0.5, 0.6) is 0 Å². The Morgan fingerprint density at radius 3 is 2.83 bits per heavy atom. The van der Waals surface area contributed by atoms with Crippen LogP contribution in [-0.2, 0) is 0 Å². The number of rotatable bonds is 2. The summed E-state index contributed by atoms with van der Waals surface area (Å²) in [6.07, 6.45) is 1.82. The summed E-state index contributed by atoms with van der Waals surface area (Å²) >= 11 is 3.28. The maximum absolute atomic E-state index is 11.9. The molecule has 0 N–H and O–H groups in total. The van der Waals surface area contributed by atoms with Gasteiger partial charge in [0.2, 0.25) is 0 Å². The molecule has 0 amide bonds. The van der Waals surface area contributed by atoms with Crippen LogP contribution in [0.25, 0.3) is 6.08 Å². The fraction of sp³-hybridized carbons (Fsp3) is 0. The van der Waals surface area contributed by atoms with Crippen LogP contribution in [0.1, 0.15) is 5.56 Å². The summed E-state index contributed by atoms with van der Waals surface area (Å²) in [7, 11) is 0. The highest BCUT2D eigenvalue weighted by Gasteiger charge is 1.96. The van der Waals surface area contributed by atoms with E-state index in [4.69, 9.17) is 0 Å². The van der Waals surface area contributed by atoms with E-state index in [-0.39, 0.29) is 0 Å². The second kappa shape index (κ2) is 4.16. The maximum atomic E-state index is 11.9. The molecule has 0 bridgehead atoms. The van der Waals surface area contributed by atoms with Crippen LogP contribution in [0.15, 0.2) is 34.0 Å². The number of hydrogen-bond donors (Lipinski definition) is 0. The van der Waals surface area contributed by atoms with Gasteiger partial charge in [0.15, 0.2) is 0 Å². The van der Waals surface area contributed by atoms with Crippen molar-refractivity contribution in [3.63, 3.8) is 0 Å². The smallest absolute Gasteiger partial charge is 0.0873 e. The summed E-state index contributed by atoms with van der Waals surface area (Å²) in [6.45, 7) is 3.38. The Kier molecular flexibility index (Phi) is 3.17. The summed E-state index contributed by atoms with van der Waals surface area (Å²) in [4.78, 5) is 3.74. The zero-order valence-electron chi connectivity index (χ0n) is 6.30. The van der Waals surface area contributed by atoms with E-state index in [1.165, 1.54) is 6.08 Å². The summed E-state index contributed by atoms with van der Waals surface area (Å²) < 4.78 is 12.8. The number of aliphatic imine (C=N–C) groups is 1. The van der Waals surface area contributed by atoms with Crippen LogP contribution in [-0.4, -0.2) is 6.72 Å². The summed E-state index contributed by atoms with van der Waals surface area (Å²) in [6, 6.07) is 5.38. The number of benzene rings is 1. The molecule has 1 nitrogen and oxygen atoms in total. The molecule has 1 aromatic rings. The van der Waals surface area contributed by atoms with Crippen molar-refractivity contribution in [3.8, 4) is 0 Å². The molecule has 0 atom stereocenters.